The zero-order chi connectivity index (χ0) is 17.5. The summed E-state index contributed by atoms with van der Waals surface area (Å²) in [4.78, 5) is 21.1. The van der Waals surface area contributed by atoms with Crippen LogP contribution in [0.15, 0.2) is 6.33 Å². The average Bonchev–Trinajstić information content (AvgIpc) is 2.70. The summed E-state index contributed by atoms with van der Waals surface area (Å²) < 4.78 is 14.3. The fraction of sp³-hybridized carbons (Fsp3) is 0.706. The van der Waals surface area contributed by atoms with Crippen molar-refractivity contribution in [1.29, 1.82) is 0 Å². The zero-order valence-electron chi connectivity index (χ0n) is 14.4. The standard InChI is InChI=1S/C17H25FN4O2/c1-10-14(18)15(20-9-19-10)22-7-11-4-5-12(8-22)13(11)6-17(2,3)21-16(23)24/h9,11-13,21H,4-8H2,1-3H3,(H,23,24)/t11-,12+,13+. The Balaban J connectivity index is 1.73. The van der Waals surface area contributed by atoms with Gasteiger partial charge < -0.3 is 15.3 Å². The first kappa shape index (κ1) is 16.9. The summed E-state index contributed by atoms with van der Waals surface area (Å²) in [6, 6.07) is 0. The number of rotatable bonds is 4. The van der Waals surface area contributed by atoms with E-state index in [9.17, 15) is 9.18 Å². The molecule has 1 aromatic rings. The lowest BCUT2D eigenvalue weighted by atomic mass is 9.77. The Bertz CT molecular complexity index is 623. The minimum absolute atomic E-state index is 0.330. The molecule has 0 aromatic carbocycles. The Morgan fingerprint density at radius 1 is 1.38 bits per heavy atom. The number of anilines is 1. The van der Waals surface area contributed by atoms with Gasteiger partial charge in [-0.1, -0.05) is 0 Å². The van der Waals surface area contributed by atoms with Crippen molar-refractivity contribution in [2.45, 2.75) is 45.6 Å². The first-order chi connectivity index (χ1) is 11.3. The second-order valence-electron chi connectivity index (χ2n) is 7.78. The molecule has 1 aromatic heterocycles. The maximum absolute atomic E-state index is 14.3. The molecule has 2 bridgehead atoms. The summed E-state index contributed by atoms with van der Waals surface area (Å²) in [6.45, 7) is 7.07. The fourth-order valence-electron chi connectivity index (χ4n) is 4.44. The number of halogens is 1. The molecule has 1 saturated heterocycles. The number of nitrogens with one attached hydrogen (secondary N) is 1. The number of fused-ring (bicyclic) bond motifs is 2. The van der Waals surface area contributed by atoms with E-state index in [4.69, 9.17) is 5.11 Å². The van der Waals surface area contributed by atoms with Crippen molar-refractivity contribution >= 4 is 11.9 Å². The summed E-state index contributed by atoms with van der Waals surface area (Å²) in [5.74, 6) is 1.44. The van der Waals surface area contributed by atoms with E-state index < -0.39 is 11.6 Å². The second-order valence-corrected chi connectivity index (χ2v) is 7.78. The van der Waals surface area contributed by atoms with Crippen LogP contribution in [0.5, 0.6) is 0 Å². The molecule has 0 radical (unpaired) electrons. The molecule has 2 aliphatic rings. The topological polar surface area (TPSA) is 78.4 Å². The van der Waals surface area contributed by atoms with E-state index in [-0.39, 0.29) is 5.82 Å². The number of piperidine rings is 1. The van der Waals surface area contributed by atoms with Gasteiger partial charge in [-0.05, 0) is 57.8 Å². The predicted octanol–water partition coefficient (Wildman–Crippen LogP) is 2.82. The molecule has 132 valence electrons. The quantitative estimate of drug-likeness (QED) is 0.884. The van der Waals surface area contributed by atoms with Crippen molar-refractivity contribution in [3.63, 3.8) is 0 Å². The highest BCUT2D eigenvalue weighted by Gasteiger charge is 2.45. The fourth-order valence-corrected chi connectivity index (χ4v) is 4.44. The lowest BCUT2D eigenvalue weighted by Crippen LogP contribution is -2.49. The van der Waals surface area contributed by atoms with Crippen LogP contribution in [0.2, 0.25) is 0 Å². The Morgan fingerprint density at radius 3 is 2.58 bits per heavy atom. The highest BCUT2D eigenvalue weighted by molar-refractivity contribution is 5.65. The molecule has 1 aliphatic carbocycles. The van der Waals surface area contributed by atoms with Crippen LogP contribution in [0, 0.1) is 30.5 Å². The summed E-state index contributed by atoms with van der Waals surface area (Å²) >= 11 is 0. The largest absolute Gasteiger partial charge is 0.465 e. The van der Waals surface area contributed by atoms with E-state index in [1.54, 1.807) is 6.92 Å². The van der Waals surface area contributed by atoms with E-state index in [1.165, 1.54) is 6.33 Å². The lowest BCUT2D eigenvalue weighted by Gasteiger charge is -2.41. The third kappa shape index (κ3) is 3.30. The van der Waals surface area contributed by atoms with Crippen LogP contribution in [0.25, 0.3) is 0 Å². The molecule has 1 aliphatic heterocycles. The first-order valence-electron chi connectivity index (χ1n) is 8.50. The lowest BCUT2D eigenvalue weighted by molar-refractivity contribution is 0.160. The Hall–Kier alpha value is -1.92. The minimum Gasteiger partial charge on any atom is -0.465 e. The summed E-state index contributed by atoms with van der Waals surface area (Å²) in [5, 5.41) is 11.6. The average molecular weight is 336 g/mol. The van der Waals surface area contributed by atoms with Crippen LogP contribution in [0.1, 0.15) is 38.8 Å². The number of carbonyl (C=O) groups is 1. The van der Waals surface area contributed by atoms with Gasteiger partial charge in [0.25, 0.3) is 0 Å². The van der Waals surface area contributed by atoms with Gasteiger partial charge >= 0.3 is 6.09 Å². The highest BCUT2D eigenvalue weighted by Crippen LogP contribution is 2.46. The first-order valence-corrected chi connectivity index (χ1v) is 8.50. The van der Waals surface area contributed by atoms with Crippen LogP contribution in [0.4, 0.5) is 15.0 Å². The van der Waals surface area contributed by atoms with E-state index in [0.29, 0.717) is 29.3 Å². The van der Waals surface area contributed by atoms with E-state index in [1.807, 2.05) is 18.7 Å². The SMILES string of the molecule is Cc1ncnc(N2C[C@H]3CC[C@@H](C2)[C@H]3CC(C)(C)NC(=O)O)c1F. The molecule has 6 nitrogen and oxygen atoms in total. The van der Waals surface area contributed by atoms with Gasteiger partial charge in [-0.25, -0.2) is 19.2 Å². The summed E-state index contributed by atoms with van der Waals surface area (Å²) in [6.07, 6.45) is 3.47. The van der Waals surface area contributed by atoms with Crippen LogP contribution in [-0.2, 0) is 0 Å². The van der Waals surface area contributed by atoms with E-state index >= 15 is 0 Å². The molecule has 0 spiro atoms. The number of hydrogen-bond donors (Lipinski definition) is 2. The molecule has 1 amide bonds. The third-order valence-electron chi connectivity index (χ3n) is 5.47. The van der Waals surface area contributed by atoms with Crippen molar-refractivity contribution in [3.8, 4) is 0 Å². The Labute approximate surface area is 141 Å². The minimum atomic E-state index is -0.983. The molecule has 2 N–H and O–H groups in total. The van der Waals surface area contributed by atoms with Crippen LogP contribution in [-0.4, -0.2) is 39.8 Å². The molecular weight excluding hydrogens is 311 g/mol. The van der Waals surface area contributed by atoms with Crippen LogP contribution < -0.4 is 10.2 Å². The normalized spacial score (nSPS) is 26.5. The van der Waals surface area contributed by atoms with Gasteiger partial charge in [0.15, 0.2) is 11.6 Å². The summed E-state index contributed by atoms with van der Waals surface area (Å²) in [7, 11) is 0. The maximum Gasteiger partial charge on any atom is 0.405 e. The molecule has 7 heteroatoms. The van der Waals surface area contributed by atoms with Gasteiger partial charge in [-0.2, -0.15) is 0 Å². The van der Waals surface area contributed by atoms with E-state index in [0.717, 1.165) is 32.4 Å². The van der Waals surface area contributed by atoms with Crippen molar-refractivity contribution in [1.82, 2.24) is 15.3 Å². The monoisotopic (exact) mass is 336 g/mol. The molecule has 2 fully saturated rings. The number of nitrogens with zero attached hydrogens (tertiary/aromatic N) is 3. The number of carboxylic acid groups (broad SMARTS) is 1. The molecule has 1 saturated carbocycles. The molecule has 24 heavy (non-hydrogen) atoms. The number of aryl methyl sites for hydroxylation is 1. The van der Waals surface area contributed by atoms with Crippen molar-refractivity contribution in [3.05, 3.63) is 17.8 Å². The van der Waals surface area contributed by atoms with Crippen molar-refractivity contribution in [2.75, 3.05) is 18.0 Å². The molecule has 3 rings (SSSR count). The third-order valence-corrected chi connectivity index (χ3v) is 5.47. The van der Waals surface area contributed by atoms with Gasteiger partial charge in [0.05, 0.1) is 5.69 Å². The number of hydrogen-bond acceptors (Lipinski definition) is 4. The summed E-state index contributed by atoms with van der Waals surface area (Å²) in [5.41, 5.74) is -0.0720. The smallest absolute Gasteiger partial charge is 0.405 e. The highest BCUT2D eigenvalue weighted by atomic mass is 19.1. The zero-order valence-corrected chi connectivity index (χ0v) is 14.4. The van der Waals surface area contributed by atoms with Crippen LogP contribution in [0.3, 0.4) is 0 Å². The van der Waals surface area contributed by atoms with Gasteiger partial charge in [0.1, 0.15) is 6.33 Å². The molecular formula is C17H25FN4O2. The molecule has 0 unspecified atom stereocenters. The second kappa shape index (κ2) is 6.18. The van der Waals surface area contributed by atoms with Gasteiger partial charge in [0.2, 0.25) is 0 Å². The Morgan fingerprint density at radius 2 is 2.00 bits per heavy atom. The van der Waals surface area contributed by atoms with Crippen molar-refractivity contribution < 1.29 is 14.3 Å². The molecule has 3 atom stereocenters. The van der Waals surface area contributed by atoms with Gasteiger partial charge in [-0.3, -0.25) is 0 Å². The van der Waals surface area contributed by atoms with Gasteiger partial charge in [0, 0.05) is 18.6 Å². The van der Waals surface area contributed by atoms with Gasteiger partial charge in [-0.15, -0.1) is 0 Å². The maximum atomic E-state index is 14.3. The van der Waals surface area contributed by atoms with Crippen LogP contribution >= 0.6 is 0 Å². The molecule has 2 heterocycles. The van der Waals surface area contributed by atoms with E-state index in [2.05, 4.69) is 15.3 Å². The van der Waals surface area contributed by atoms with Crippen molar-refractivity contribution in [2.24, 2.45) is 17.8 Å². The number of amides is 1. The number of aromatic nitrogens is 2. The predicted molar refractivity (Wildman–Crippen MR) is 88.5 cm³/mol. The Kier molecular flexibility index (Phi) is 4.36.